The Balaban J connectivity index is 1.96. The summed E-state index contributed by atoms with van der Waals surface area (Å²) in [5, 5.41) is 0. The van der Waals surface area contributed by atoms with Crippen LogP contribution in [0.1, 0.15) is 20.3 Å². The van der Waals surface area contributed by atoms with E-state index >= 15 is 0 Å². The van der Waals surface area contributed by atoms with Gasteiger partial charge in [0.25, 0.3) is 0 Å². The van der Waals surface area contributed by atoms with Gasteiger partial charge in [-0.1, -0.05) is 25.1 Å². The van der Waals surface area contributed by atoms with Gasteiger partial charge in [0.2, 0.25) is 0 Å². The topological polar surface area (TPSA) is 35.0 Å². The summed E-state index contributed by atoms with van der Waals surface area (Å²) >= 11 is 4.75. The van der Waals surface area contributed by atoms with Gasteiger partial charge in [-0.25, -0.2) is 0 Å². The third-order valence-electron chi connectivity index (χ3n) is 3.44. The van der Waals surface area contributed by atoms with Gasteiger partial charge < -0.3 is 4.74 Å². The lowest BCUT2D eigenvalue weighted by Gasteiger charge is -2.13. The molecule has 1 atom stereocenters. The van der Waals surface area contributed by atoms with Crippen molar-refractivity contribution in [1.82, 2.24) is 8.75 Å². The second kappa shape index (κ2) is 6.12. The van der Waals surface area contributed by atoms with Crippen LogP contribution in [0.4, 0.5) is 0 Å². The summed E-state index contributed by atoms with van der Waals surface area (Å²) in [6.45, 7) is 4.19. The maximum absolute atomic E-state index is 5.81. The van der Waals surface area contributed by atoms with Gasteiger partial charge in [0.1, 0.15) is 16.8 Å². The van der Waals surface area contributed by atoms with Crippen LogP contribution in [0.5, 0.6) is 5.75 Å². The van der Waals surface area contributed by atoms with Gasteiger partial charge in [-0.05, 0) is 53.0 Å². The Labute approximate surface area is 136 Å². The summed E-state index contributed by atoms with van der Waals surface area (Å²) in [7, 11) is 0. The molecule has 1 unspecified atom stereocenters. The maximum Gasteiger partial charge on any atom is 0.119 e. The monoisotopic (exact) mass is 362 g/mol. The zero-order valence-electron chi connectivity index (χ0n) is 11.8. The second-order valence-corrected chi connectivity index (χ2v) is 6.30. The summed E-state index contributed by atoms with van der Waals surface area (Å²) in [6, 6.07) is 12.2. The van der Waals surface area contributed by atoms with Crippen molar-refractivity contribution in [3.8, 4) is 16.9 Å². The number of ether oxygens (including phenoxy) is 1. The fraction of sp³-hybridized carbons (Fsp3) is 0.250. The molecular weight excluding hydrogens is 348 g/mol. The third-order valence-corrected chi connectivity index (χ3v) is 4.61. The Bertz CT molecular complexity index is 755. The zero-order valence-corrected chi connectivity index (χ0v) is 14.2. The van der Waals surface area contributed by atoms with Gasteiger partial charge in [-0.15, -0.1) is 0 Å². The Kier molecular flexibility index (Phi) is 4.22. The quantitative estimate of drug-likeness (QED) is 0.631. The minimum absolute atomic E-state index is 0.234. The second-order valence-electron chi connectivity index (χ2n) is 4.92. The predicted octanol–water partition coefficient (Wildman–Crippen LogP) is 5.30. The van der Waals surface area contributed by atoms with Crippen LogP contribution in [-0.2, 0) is 0 Å². The van der Waals surface area contributed by atoms with Gasteiger partial charge in [0.05, 0.1) is 17.8 Å². The highest BCUT2D eigenvalue weighted by atomic mass is 79.9. The van der Waals surface area contributed by atoms with Crippen LogP contribution >= 0.6 is 27.7 Å². The van der Waals surface area contributed by atoms with E-state index in [2.05, 4.69) is 56.7 Å². The Hall–Kier alpha value is -1.46. The number of hydrogen-bond donors (Lipinski definition) is 0. The Morgan fingerprint density at radius 2 is 1.81 bits per heavy atom. The standard InChI is InChI=1S/C16H15BrN2OS/c1-3-10(2)20-12-6-4-11(5-7-12)13-8-9-14(17)16-15(13)18-21-19-16/h4-10H,3H2,1-2H3. The fourth-order valence-electron chi connectivity index (χ4n) is 2.10. The van der Waals surface area contributed by atoms with Crippen LogP contribution in [0.3, 0.4) is 0 Å². The molecule has 0 amide bonds. The van der Waals surface area contributed by atoms with Crippen molar-refractivity contribution in [2.24, 2.45) is 0 Å². The molecule has 0 spiro atoms. The lowest BCUT2D eigenvalue weighted by Crippen LogP contribution is -2.09. The third kappa shape index (κ3) is 2.94. The van der Waals surface area contributed by atoms with E-state index in [1.807, 2.05) is 18.2 Å². The first-order valence-electron chi connectivity index (χ1n) is 6.87. The van der Waals surface area contributed by atoms with E-state index in [0.29, 0.717) is 0 Å². The van der Waals surface area contributed by atoms with E-state index in [1.54, 1.807) is 0 Å². The van der Waals surface area contributed by atoms with E-state index in [9.17, 15) is 0 Å². The van der Waals surface area contributed by atoms with E-state index < -0.39 is 0 Å². The van der Waals surface area contributed by atoms with Crippen LogP contribution in [0.2, 0.25) is 0 Å². The average molecular weight is 363 g/mol. The first kappa shape index (κ1) is 14.5. The first-order chi connectivity index (χ1) is 10.2. The Morgan fingerprint density at radius 1 is 1.10 bits per heavy atom. The number of aromatic nitrogens is 2. The number of hydrogen-bond acceptors (Lipinski definition) is 4. The molecule has 0 aliphatic heterocycles. The summed E-state index contributed by atoms with van der Waals surface area (Å²) in [4.78, 5) is 0. The summed E-state index contributed by atoms with van der Waals surface area (Å²) in [6.07, 6.45) is 1.23. The summed E-state index contributed by atoms with van der Waals surface area (Å²) < 4.78 is 15.5. The average Bonchev–Trinajstić information content (AvgIpc) is 2.99. The van der Waals surface area contributed by atoms with E-state index in [-0.39, 0.29) is 6.10 Å². The van der Waals surface area contributed by atoms with Crippen molar-refractivity contribution >= 4 is 38.7 Å². The van der Waals surface area contributed by atoms with Crippen LogP contribution in [-0.4, -0.2) is 14.9 Å². The molecule has 0 aliphatic rings. The van der Waals surface area contributed by atoms with E-state index in [1.165, 1.54) is 11.7 Å². The summed E-state index contributed by atoms with van der Waals surface area (Å²) in [5.74, 6) is 0.901. The molecule has 108 valence electrons. The highest BCUT2D eigenvalue weighted by Gasteiger charge is 2.10. The van der Waals surface area contributed by atoms with Gasteiger partial charge in [-0.3, -0.25) is 0 Å². The molecule has 0 N–H and O–H groups in total. The molecule has 0 bridgehead atoms. The van der Waals surface area contributed by atoms with Crippen molar-refractivity contribution in [3.63, 3.8) is 0 Å². The van der Waals surface area contributed by atoms with Crippen LogP contribution in [0, 0.1) is 0 Å². The lowest BCUT2D eigenvalue weighted by atomic mass is 10.0. The molecule has 0 saturated heterocycles. The van der Waals surface area contributed by atoms with Gasteiger partial charge >= 0.3 is 0 Å². The predicted molar refractivity (Wildman–Crippen MR) is 90.9 cm³/mol. The molecule has 0 aliphatic carbocycles. The van der Waals surface area contributed by atoms with Gasteiger partial charge in [0, 0.05) is 10.0 Å². The number of fused-ring (bicyclic) bond motifs is 1. The molecule has 0 fully saturated rings. The zero-order chi connectivity index (χ0) is 14.8. The molecule has 3 rings (SSSR count). The van der Waals surface area contributed by atoms with E-state index in [4.69, 9.17) is 4.74 Å². The van der Waals surface area contributed by atoms with Crippen molar-refractivity contribution in [2.75, 3.05) is 0 Å². The lowest BCUT2D eigenvalue weighted by molar-refractivity contribution is 0.217. The number of nitrogens with zero attached hydrogens (tertiary/aromatic N) is 2. The fourth-order valence-corrected chi connectivity index (χ4v) is 3.20. The SMILES string of the molecule is CCC(C)Oc1ccc(-c2ccc(Br)c3nsnc23)cc1. The molecule has 1 aromatic heterocycles. The Morgan fingerprint density at radius 3 is 2.52 bits per heavy atom. The number of halogens is 1. The maximum atomic E-state index is 5.81. The van der Waals surface area contributed by atoms with Crippen molar-refractivity contribution in [1.29, 1.82) is 0 Å². The van der Waals surface area contributed by atoms with Gasteiger partial charge in [0.15, 0.2) is 0 Å². The molecule has 0 saturated carbocycles. The van der Waals surface area contributed by atoms with Gasteiger partial charge in [-0.2, -0.15) is 8.75 Å². The highest BCUT2D eigenvalue weighted by molar-refractivity contribution is 9.10. The normalized spacial score (nSPS) is 12.5. The van der Waals surface area contributed by atoms with Crippen molar-refractivity contribution in [3.05, 3.63) is 40.9 Å². The first-order valence-corrected chi connectivity index (χ1v) is 8.39. The number of rotatable bonds is 4. The van der Waals surface area contributed by atoms with E-state index in [0.717, 1.165) is 38.8 Å². The molecule has 21 heavy (non-hydrogen) atoms. The van der Waals surface area contributed by atoms with Crippen LogP contribution in [0.15, 0.2) is 40.9 Å². The minimum Gasteiger partial charge on any atom is -0.491 e. The minimum atomic E-state index is 0.234. The summed E-state index contributed by atoms with van der Waals surface area (Å²) in [5.41, 5.74) is 4.07. The van der Waals surface area contributed by atoms with Crippen molar-refractivity contribution in [2.45, 2.75) is 26.4 Å². The molecule has 3 aromatic rings. The van der Waals surface area contributed by atoms with Crippen LogP contribution in [0.25, 0.3) is 22.2 Å². The molecule has 2 aromatic carbocycles. The molecule has 1 heterocycles. The molecule has 5 heteroatoms. The van der Waals surface area contributed by atoms with Crippen molar-refractivity contribution < 1.29 is 4.74 Å². The number of benzene rings is 2. The molecular formula is C16H15BrN2OS. The van der Waals surface area contributed by atoms with Crippen LogP contribution < -0.4 is 4.74 Å². The molecule has 3 nitrogen and oxygen atoms in total. The highest BCUT2D eigenvalue weighted by Crippen LogP contribution is 2.32. The molecule has 0 radical (unpaired) electrons. The smallest absolute Gasteiger partial charge is 0.119 e. The largest absolute Gasteiger partial charge is 0.491 e.